The first-order valence-electron chi connectivity index (χ1n) is 11.5. The number of hydrogen-bond donors (Lipinski definition) is 1. The van der Waals surface area contributed by atoms with Crippen LogP contribution < -0.4 is 15.0 Å². The first-order chi connectivity index (χ1) is 16.4. The second-order valence-electron chi connectivity index (χ2n) is 9.27. The molecular formula is C27H24BrN3O3. The molecule has 2 atom stereocenters. The van der Waals surface area contributed by atoms with E-state index in [9.17, 15) is 9.59 Å². The average Bonchev–Trinajstić information content (AvgIpc) is 2.84. The van der Waals surface area contributed by atoms with Crippen molar-refractivity contribution in [2.24, 2.45) is 0 Å². The number of halogens is 1. The number of rotatable bonds is 2. The Morgan fingerprint density at radius 3 is 2.74 bits per heavy atom. The van der Waals surface area contributed by atoms with Crippen LogP contribution in [0.3, 0.4) is 0 Å². The third-order valence-corrected chi connectivity index (χ3v) is 7.65. The second kappa shape index (κ2) is 7.87. The van der Waals surface area contributed by atoms with Gasteiger partial charge in [-0.25, -0.2) is 4.79 Å². The molecule has 0 aromatic heterocycles. The van der Waals surface area contributed by atoms with Gasteiger partial charge < -0.3 is 15.0 Å². The fraction of sp³-hybridized carbons (Fsp3) is 0.259. The number of hydrogen-bond acceptors (Lipinski definition) is 3. The third-order valence-electron chi connectivity index (χ3n) is 7.02. The summed E-state index contributed by atoms with van der Waals surface area (Å²) in [6.45, 7) is 3.20. The number of nitrogens with one attached hydrogen (secondary N) is 1. The molecule has 1 saturated heterocycles. The summed E-state index contributed by atoms with van der Waals surface area (Å²) >= 11 is 3.59. The SMILES string of the molecule is CC12CC(NC(=O)N1c1cccc(C(=O)N3CCc4ccccc4C3)c1)c1cccc(Br)c1O2. The van der Waals surface area contributed by atoms with Crippen LogP contribution in [0.5, 0.6) is 5.75 Å². The molecular weight excluding hydrogens is 494 g/mol. The predicted octanol–water partition coefficient (Wildman–Crippen LogP) is 5.42. The quantitative estimate of drug-likeness (QED) is 0.493. The number of carbonyl (C=O) groups excluding carboxylic acids is 2. The summed E-state index contributed by atoms with van der Waals surface area (Å²) in [6.07, 6.45) is 1.45. The van der Waals surface area contributed by atoms with Crippen LogP contribution in [0.2, 0.25) is 0 Å². The fourth-order valence-electron chi connectivity index (χ4n) is 5.37. The van der Waals surface area contributed by atoms with Crippen molar-refractivity contribution < 1.29 is 14.3 Å². The summed E-state index contributed by atoms with van der Waals surface area (Å²) < 4.78 is 7.29. The zero-order chi connectivity index (χ0) is 23.4. The average molecular weight is 518 g/mol. The molecule has 1 fully saturated rings. The highest BCUT2D eigenvalue weighted by atomic mass is 79.9. The van der Waals surface area contributed by atoms with Gasteiger partial charge >= 0.3 is 6.03 Å². The van der Waals surface area contributed by atoms with Gasteiger partial charge in [0.15, 0.2) is 5.72 Å². The number of nitrogens with zero attached hydrogens (tertiary/aromatic N) is 2. The summed E-state index contributed by atoms with van der Waals surface area (Å²) in [7, 11) is 0. The molecule has 6 rings (SSSR count). The lowest BCUT2D eigenvalue weighted by Gasteiger charge is -2.50. The number of ether oxygens (including phenoxy) is 1. The standard InChI is InChI=1S/C27H24BrN3O3/c1-27-15-23(21-10-5-11-22(28)24(21)34-27)29-26(33)31(27)20-9-4-8-18(14-20)25(32)30-13-12-17-6-2-3-7-19(17)16-30/h2-11,14,23H,12-13,15-16H2,1H3,(H,29,33). The molecule has 1 N–H and O–H groups in total. The Hall–Kier alpha value is -3.32. The highest BCUT2D eigenvalue weighted by molar-refractivity contribution is 9.10. The van der Waals surface area contributed by atoms with Crippen LogP contribution in [0.25, 0.3) is 0 Å². The van der Waals surface area contributed by atoms with E-state index in [1.807, 2.05) is 60.4 Å². The van der Waals surface area contributed by atoms with Gasteiger partial charge in [0, 0.05) is 30.6 Å². The summed E-state index contributed by atoms with van der Waals surface area (Å²) in [5.41, 5.74) is 3.77. The monoisotopic (exact) mass is 517 g/mol. The van der Waals surface area contributed by atoms with Crippen LogP contribution in [-0.2, 0) is 13.0 Å². The van der Waals surface area contributed by atoms with Crippen molar-refractivity contribution in [3.05, 3.63) is 93.5 Å². The zero-order valence-electron chi connectivity index (χ0n) is 18.8. The van der Waals surface area contributed by atoms with Gasteiger partial charge in [-0.05, 0) is 64.7 Å². The minimum atomic E-state index is -0.879. The molecule has 3 amide bonds. The molecule has 0 aliphatic carbocycles. The van der Waals surface area contributed by atoms with Gasteiger partial charge in [-0.15, -0.1) is 0 Å². The highest BCUT2D eigenvalue weighted by Gasteiger charge is 2.50. The molecule has 0 spiro atoms. The second-order valence-corrected chi connectivity index (χ2v) is 10.1. The van der Waals surface area contributed by atoms with E-state index in [0.717, 1.165) is 22.2 Å². The largest absolute Gasteiger partial charge is 0.466 e. The topological polar surface area (TPSA) is 61.9 Å². The van der Waals surface area contributed by atoms with Crippen LogP contribution in [0.15, 0.2) is 71.2 Å². The van der Waals surface area contributed by atoms with Gasteiger partial charge in [-0.2, -0.15) is 0 Å². The Labute approximate surface area is 206 Å². The lowest BCUT2D eigenvalue weighted by atomic mass is 9.90. The molecule has 3 heterocycles. The maximum atomic E-state index is 13.4. The Bertz CT molecular complexity index is 1330. The molecule has 6 nitrogen and oxygen atoms in total. The molecule has 0 saturated carbocycles. The van der Waals surface area contributed by atoms with E-state index < -0.39 is 5.72 Å². The van der Waals surface area contributed by atoms with Crippen LogP contribution in [0.1, 0.15) is 46.4 Å². The predicted molar refractivity (Wildman–Crippen MR) is 133 cm³/mol. The van der Waals surface area contributed by atoms with Crippen molar-refractivity contribution >= 4 is 33.6 Å². The van der Waals surface area contributed by atoms with Crippen LogP contribution in [0.4, 0.5) is 10.5 Å². The molecule has 2 unspecified atom stereocenters. The van der Waals surface area contributed by atoms with Gasteiger partial charge in [0.1, 0.15) is 5.75 Å². The van der Waals surface area contributed by atoms with E-state index in [1.54, 1.807) is 11.0 Å². The third kappa shape index (κ3) is 3.38. The lowest BCUT2D eigenvalue weighted by molar-refractivity contribution is 0.0369. The zero-order valence-corrected chi connectivity index (χ0v) is 20.3. The van der Waals surface area contributed by atoms with Gasteiger partial charge in [-0.1, -0.05) is 42.5 Å². The van der Waals surface area contributed by atoms with E-state index in [-0.39, 0.29) is 18.0 Å². The van der Waals surface area contributed by atoms with Gasteiger partial charge in [0.2, 0.25) is 0 Å². The van der Waals surface area contributed by atoms with E-state index in [0.29, 0.717) is 30.8 Å². The number of carbonyl (C=O) groups is 2. The summed E-state index contributed by atoms with van der Waals surface area (Å²) in [5.74, 6) is 0.708. The Morgan fingerprint density at radius 2 is 1.88 bits per heavy atom. The number of anilines is 1. The summed E-state index contributed by atoms with van der Waals surface area (Å²) in [5, 5.41) is 3.12. The maximum absolute atomic E-state index is 13.4. The normalized spacial score (nSPS) is 22.9. The van der Waals surface area contributed by atoms with Crippen molar-refractivity contribution in [2.45, 2.75) is 38.1 Å². The summed E-state index contributed by atoms with van der Waals surface area (Å²) in [4.78, 5) is 30.2. The van der Waals surface area contributed by atoms with E-state index in [2.05, 4.69) is 33.4 Å². The van der Waals surface area contributed by atoms with Crippen LogP contribution in [0, 0.1) is 0 Å². The molecule has 3 aliphatic heterocycles. The van der Waals surface area contributed by atoms with E-state index in [4.69, 9.17) is 4.74 Å². The Balaban J connectivity index is 1.31. The first kappa shape index (κ1) is 21.2. The number of benzene rings is 3. The van der Waals surface area contributed by atoms with Crippen molar-refractivity contribution in [3.63, 3.8) is 0 Å². The Kier molecular flexibility index (Phi) is 4.92. The molecule has 3 aromatic carbocycles. The first-order valence-corrected chi connectivity index (χ1v) is 12.3. The molecule has 3 aromatic rings. The van der Waals surface area contributed by atoms with Crippen molar-refractivity contribution in [2.75, 3.05) is 11.4 Å². The van der Waals surface area contributed by atoms with E-state index >= 15 is 0 Å². The minimum Gasteiger partial charge on any atom is -0.466 e. The van der Waals surface area contributed by atoms with Gasteiger partial charge in [0.25, 0.3) is 5.91 Å². The smallest absolute Gasteiger partial charge is 0.325 e. The van der Waals surface area contributed by atoms with Gasteiger partial charge in [-0.3, -0.25) is 9.69 Å². The molecule has 3 aliphatic rings. The minimum absolute atomic E-state index is 0.0329. The lowest BCUT2D eigenvalue weighted by Crippen LogP contribution is -2.65. The van der Waals surface area contributed by atoms with E-state index in [1.165, 1.54) is 11.1 Å². The molecule has 34 heavy (non-hydrogen) atoms. The van der Waals surface area contributed by atoms with Crippen molar-refractivity contribution in [1.82, 2.24) is 10.2 Å². The maximum Gasteiger partial charge on any atom is 0.325 e. The number of amides is 3. The number of para-hydroxylation sites is 1. The molecule has 0 radical (unpaired) electrons. The summed E-state index contributed by atoms with van der Waals surface area (Å²) in [6, 6.07) is 21.0. The molecule has 2 bridgehead atoms. The fourth-order valence-corrected chi connectivity index (χ4v) is 5.83. The number of urea groups is 1. The Morgan fingerprint density at radius 1 is 1.09 bits per heavy atom. The van der Waals surface area contributed by atoms with Gasteiger partial charge in [0.05, 0.1) is 16.2 Å². The van der Waals surface area contributed by atoms with Crippen LogP contribution >= 0.6 is 15.9 Å². The molecule has 7 heteroatoms. The molecule has 172 valence electrons. The number of fused-ring (bicyclic) bond motifs is 5. The van der Waals surface area contributed by atoms with Crippen LogP contribution in [-0.4, -0.2) is 29.1 Å². The van der Waals surface area contributed by atoms with Crippen molar-refractivity contribution in [3.8, 4) is 5.75 Å². The van der Waals surface area contributed by atoms with Crippen molar-refractivity contribution in [1.29, 1.82) is 0 Å². The highest BCUT2D eigenvalue weighted by Crippen LogP contribution is 2.48.